The van der Waals surface area contributed by atoms with E-state index in [9.17, 15) is 9.59 Å². The van der Waals surface area contributed by atoms with Crippen LogP contribution in [0.1, 0.15) is 5.56 Å². The van der Waals surface area contributed by atoms with Gasteiger partial charge in [0, 0.05) is 45.8 Å². The molecule has 3 heterocycles. The molecule has 2 amide bonds. The molecule has 134 valence electrons. The molecule has 4 rings (SSSR count). The van der Waals surface area contributed by atoms with Gasteiger partial charge in [0.05, 0.1) is 25.0 Å². The summed E-state index contributed by atoms with van der Waals surface area (Å²) in [4.78, 5) is 31.4. The normalized spacial score (nSPS) is 27.9. The van der Waals surface area contributed by atoms with Crippen LogP contribution in [0.25, 0.3) is 0 Å². The number of carbonyl (C=O) groups is 2. The molecular formula is C19H25N3O3. The summed E-state index contributed by atoms with van der Waals surface area (Å²) in [5.41, 5.74) is 1.23. The number of hydrogen-bond acceptors (Lipinski definition) is 5. The standard InChI is InChI=1S/C19H25N3O3/c23-18-16-13-21(12-15-4-2-1-3-5-15)14-17(16)19(24)22(18)7-6-20-8-10-25-11-9-20/h1-5,16-17H,6-14H2/t16-,17+. The first-order chi connectivity index (χ1) is 12.2. The third kappa shape index (κ3) is 3.47. The average molecular weight is 343 g/mol. The highest BCUT2D eigenvalue weighted by Gasteiger charge is 2.51. The molecule has 3 saturated heterocycles. The molecule has 6 heteroatoms. The van der Waals surface area contributed by atoms with Gasteiger partial charge in [-0.1, -0.05) is 30.3 Å². The lowest BCUT2D eigenvalue weighted by Crippen LogP contribution is -2.44. The highest BCUT2D eigenvalue weighted by Crippen LogP contribution is 2.34. The molecule has 0 unspecified atom stereocenters. The van der Waals surface area contributed by atoms with E-state index in [-0.39, 0.29) is 23.7 Å². The minimum atomic E-state index is -0.152. The summed E-state index contributed by atoms with van der Waals surface area (Å²) in [5.74, 6) is -0.251. The van der Waals surface area contributed by atoms with E-state index in [1.54, 1.807) is 0 Å². The van der Waals surface area contributed by atoms with Gasteiger partial charge in [-0.3, -0.25) is 24.3 Å². The first-order valence-corrected chi connectivity index (χ1v) is 9.14. The molecular weight excluding hydrogens is 318 g/mol. The van der Waals surface area contributed by atoms with Crippen molar-refractivity contribution >= 4 is 11.8 Å². The van der Waals surface area contributed by atoms with Gasteiger partial charge in [-0.05, 0) is 5.56 Å². The Balaban J connectivity index is 1.33. The van der Waals surface area contributed by atoms with Gasteiger partial charge < -0.3 is 4.74 Å². The largest absolute Gasteiger partial charge is 0.379 e. The predicted octanol–water partition coefficient (Wildman–Crippen LogP) is 0.436. The Labute approximate surface area is 148 Å². The maximum Gasteiger partial charge on any atom is 0.234 e. The van der Waals surface area contributed by atoms with E-state index in [1.165, 1.54) is 10.5 Å². The molecule has 6 nitrogen and oxygen atoms in total. The van der Waals surface area contributed by atoms with Gasteiger partial charge in [0.25, 0.3) is 0 Å². The van der Waals surface area contributed by atoms with E-state index in [1.807, 2.05) is 18.2 Å². The van der Waals surface area contributed by atoms with Crippen molar-refractivity contribution in [2.75, 3.05) is 52.5 Å². The zero-order valence-electron chi connectivity index (χ0n) is 14.5. The molecule has 0 aromatic heterocycles. The molecule has 3 fully saturated rings. The van der Waals surface area contributed by atoms with E-state index < -0.39 is 0 Å². The average Bonchev–Trinajstić information content (AvgIpc) is 3.15. The lowest BCUT2D eigenvalue weighted by Gasteiger charge is -2.28. The number of rotatable bonds is 5. The molecule has 0 bridgehead atoms. The Hall–Kier alpha value is -1.76. The second kappa shape index (κ2) is 7.23. The topological polar surface area (TPSA) is 53.1 Å². The Morgan fingerprint density at radius 1 is 0.880 bits per heavy atom. The maximum atomic E-state index is 12.7. The number of amides is 2. The van der Waals surface area contributed by atoms with Gasteiger partial charge in [-0.15, -0.1) is 0 Å². The summed E-state index contributed by atoms with van der Waals surface area (Å²) in [7, 11) is 0. The third-order valence-electron chi connectivity index (χ3n) is 5.55. The number of likely N-dealkylation sites (tertiary alicyclic amines) is 2. The molecule has 0 radical (unpaired) electrons. The number of fused-ring (bicyclic) bond motifs is 1. The van der Waals surface area contributed by atoms with Crippen LogP contribution in [0.2, 0.25) is 0 Å². The SMILES string of the molecule is O=C1[C@H]2CN(Cc3ccccc3)C[C@H]2C(=O)N1CCN1CCOCC1. The number of imide groups is 1. The van der Waals surface area contributed by atoms with Crippen LogP contribution >= 0.6 is 0 Å². The lowest BCUT2D eigenvalue weighted by atomic mass is 10.00. The Morgan fingerprint density at radius 2 is 1.52 bits per heavy atom. The van der Waals surface area contributed by atoms with E-state index in [0.717, 1.165) is 39.4 Å². The van der Waals surface area contributed by atoms with Crippen LogP contribution in [-0.2, 0) is 20.9 Å². The highest BCUT2D eigenvalue weighted by atomic mass is 16.5. The van der Waals surface area contributed by atoms with Crippen molar-refractivity contribution in [1.82, 2.24) is 14.7 Å². The zero-order chi connectivity index (χ0) is 17.2. The smallest absolute Gasteiger partial charge is 0.234 e. The second-order valence-corrected chi connectivity index (χ2v) is 7.17. The first kappa shape index (κ1) is 16.7. The fourth-order valence-corrected chi connectivity index (χ4v) is 4.15. The number of hydrogen-bond donors (Lipinski definition) is 0. The summed E-state index contributed by atoms with van der Waals surface area (Å²) in [5, 5.41) is 0. The summed E-state index contributed by atoms with van der Waals surface area (Å²) in [6, 6.07) is 10.2. The predicted molar refractivity (Wildman–Crippen MR) is 92.7 cm³/mol. The summed E-state index contributed by atoms with van der Waals surface area (Å²) >= 11 is 0. The first-order valence-electron chi connectivity index (χ1n) is 9.14. The lowest BCUT2D eigenvalue weighted by molar-refractivity contribution is -0.141. The van der Waals surface area contributed by atoms with Gasteiger partial charge >= 0.3 is 0 Å². The number of nitrogens with zero attached hydrogens (tertiary/aromatic N) is 3. The fraction of sp³-hybridized carbons (Fsp3) is 0.579. The molecule has 0 aliphatic carbocycles. The van der Waals surface area contributed by atoms with E-state index >= 15 is 0 Å². The fourth-order valence-electron chi connectivity index (χ4n) is 4.15. The van der Waals surface area contributed by atoms with Gasteiger partial charge in [0.15, 0.2) is 0 Å². The van der Waals surface area contributed by atoms with Crippen molar-refractivity contribution in [3.63, 3.8) is 0 Å². The Morgan fingerprint density at radius 3 is 2.16 bits per heavy atom. The number of morpholine rings is 1. The molecule has 3 aliphatic heterocycles. The number of ether oxygens (including phenoxy) is 1. The van der Waals surface area contributed by atoms with Gasteiger partial charge in [0.1, 0.15) is 0 Å². The van der Waals surface area contributed by atoms with Crippen molar-refractivity contribution in [2.45, 2.75) is 6.54 Å². The molecule has 25 heavy (non-hydrogen) atoms. The minimum absolute atomic E-state index is 0.0267. The summed E-state index contributed by atoms with van der Waals surface area (Å²) < 4.78 is 5.34. The van der Waals surface area contributed by atoms with Crippen molar-refractivity contribution < 1.29 is 14.3 Å². The zero-order valence-corrected chi connectivity index (χ0v) is 14.5. The molecule has 0 N–H and O–H groups in total. The number of benzene rings is 1. The molecule has 0 spiro atoms. The van der Waals surface area contributed by atoms with Crippen molar-refractivity contribution in [1.29, 1.82) is 0 Å². The second-order valence-electron chi connectivity index (χ2n) is 7.17. The van der Waals surface area contributed by atoms with Crippen molar-refractivity contribution in [3.8, 4) is 0 Å². The molecule has 1 aromatic rings. The maximum absolute atomic E-state index is 12.7. The third-order valence-corrected chi connectivity index (χ3v) is 5.55. The highest BCUT2D eigenvalue weighted by molar-refractivity contribution is 6.05. The van der Waals surface area contributed by atoms with Gasteiger partial charge in [0.2, 0.25) is 11.8 Å². The Bertz CT molecular complexity index is 606. The van der Waals surface area contributed by atoms with Crippen LogP contribution in [0, 0.1) is 11.8 Å². The van der Waals surface area contributed by atoms with Crippen molar-refractivity contribution in [2.24, 2.45) is 11.8 Å². The Kier molecular flexibility index (Phi) is 4.83. The van der Waals surface area contributed by atoms with E-state index in [0.29, 0.717) is 19.6 Å². The van der Waals surface area contributed by atoms with Crippen LogP contribution in [0.3, 0.4) is 0 Å². The molecule has 1 aromatic carbocycles. The van der Waals surface area contributed by atoms with Crippen LogP contribution in [0.5, 0.6) is 0 Å². The molecule has 2 atom stereocenters. The van der Waals surface area contributed by atoms with E-state index in [2.05, 4.69) is 21.9 Å². The molecule has 0 saturated carbocycles. The van der Waals surface area contributed by atoms with Gasteiger partial charge in [-0.25, -0.2) is 0 Å². The van der Waals surface area contributed by atoms with Crippen LogP contribution in [0.15, 0.2) is 30.3 Å². The van der Waals surface area contributed by atoms with Gasteiger partial charge in [-0.2, -0.15) is 0 Å². The van der Waals surface area contributed by atoms with Crippen molar-refractivity contribution in [3.05, 3.63) is 35.9 Å². The van der Waals surface area contributed by atoms with E-state index in [4.69, 9.17) is 4.74 Å². The number of carbonyl (C=O) groups excluding carboxylic acids is 2. The van der Waals surface area contributed by atoms with Crippen LogP contribution in [-0.4, -0.2) is 79.0 Å². The quantitative estimate of drug-likeness (QED) is 0.726. The molecule has 3 aliphatic rings. The summed E-state index contributed by atoms with van der Waals surface area (Å²) in [6.45, 7) is 6.71. The summed E-state index contributed by atoms with van der Waals surface area (Å²) in [6.07, 6.45) is 0. The van der Waals surface area contributed by atoms with Crippen LogP contribution < -0.4 is 0 Å². The minimum Gasteiger partial charge on any atom is -0.379 e. The van der Waals surface area contributed by atoms with Crippen LogP contribution in [0.4, 0.5) is 0 Å². The monoisotopic (exact) mass is 343 g/mol.